The highest BCUT2D eigenvalue weighted by Crippen LogP contribution is 2.45. The molecule has 17 nitrogen and oxygen atoms in total. The number of phosphoric ester groups is 2. The van der Waals surface area contributed by atoms with Gasteiger partial charge in [-0.25, -0.2) is 9.13 Å². The average Bonchev–Trinajstić information content (AvgIpc) is 1.38. The van der Waals surface area contributed by atoms with Gasteiger partial charge in [0.15, 0.2) is 6.10 Å². The molecule has 19 heteroatoms. The van der Waals surface area contributed by atoms with Crippen LogP contribution < -0.4 is 0 Å². The van der Waals surface area contributed by atoms with Crippen LogP contribution in [0.3, 0.4) is 0 Å². The number of allylic oxidation sites excluding steroid dienone is 10. The summed E-state index contributed by atoms with van der Waals surface area (Å²) in [7, 11) is -9.79. The lowest BCUT2D eigenvalue weighted by atomic mass is 10.0. The molecule has 2 unspecified atom stereocenters. The Labute approximate surface area is 584 Å². The number of esters is 3. The van der Waals surface area contributed by atoms with Crippen molar-refractivity contribution in [3.05, 3.63) is 60.8 Å². The van der Waals surface area contributed by atoms with Gasteiger partial charge in [0.05, 0.1) is 26.4 Å². The summed E-state index contributed by atoms with van der Waals surface area (Å²) >= 11 is 0. The number of aliphatic hydroxyl groups excluding tert-OH is 1. The van der Waals surface area contributed by atoms with Crippen molar-refractivity contribution >= 4 is 39.8 Å². The Hall–Kier alpha value is -3.08. The van der Waals surface area contributed by atoms with Crippen LogP contribution in [0.15, 0.2) is 60.8 Å². The molecule has 0 saturated carbocycles. The van der Waals surface area contributed by atoms with Gasteiger partial charge in [0.2, 0.25) is 0 Å². The lowest BCUT2D eigenvalue weighted by molar-refractivity contribution is -0.161. The highest BCUT2D eigenvalue weighted by atomic mass is 31.2. The molecule has 0 spiro atoms. The molecule has 0 aliphatic heterocycles. The molecule has 0 aliphatic rings. The first-order chi connectivity index (χ1) is 46.8. The molecular formula is C77H140O17P2. The number of hydrogen-bond acceptors (Lipinski definition) is 15. The number of carbonyl (C=O) groups excluding carboxylic acids is 4. The van der Waals surface area contributed by atoms with Crippen molar-refractivity contribution in [1.82, 2.24) is 0 Å². The summed E-state index contributed by atoms with van der Waals surface area (Å²) in [5, 5.41) is 10.6. The van der Waals surface area contributed by atoms with Crippen LogP contribution in [0.4, 0.5) is 0 Å². The van der Waals surface area contributed by atoms with Gasteiger partial charge in [-0.05, 0) is 116 Å². The Morgan fingerprint density at radius 3 is 1.07 bits per heavy atom. The monoisotopic (exact) mass is 1400 g/mol. The van der Waals surface area contributed by atoms with Gasteiger partial charge in [-0.2, -0.15) is 0 Å². The van der Waals surface area contributed by atoms with E-state index in [1.54, 1.807) is 0 Å². The molecule has 5 atom stereocenters. The second kappa shape index (κ2) is 71.7. The topological polar surface area (TPSA) is 237 Å². The first-order valence-corrected chi connectivity index (χ1v) is 41.5. The third kappa shape index (κ3) is 70.8. The Bertz CT molecular complexity index is 2030. The molecule has 0 aromatic carbocycles. The quantitative estimate of drug-likeness (QED) is 0.00976. The van der Waals surface area contributed by atoms with E-state index in [4.69, 9.17) is 37.0 Å². The molecule has 0 bridgehead atoms. The van der Waals surface area contributed by atoms with Gasteiger partial charge < -0.3 is 38.6 Å². The highest BCUT2D eigenvalue weighted by molar-refractivity contribution is 7.47. The summed E-state index contributed by atoms with van der Waals surface area (Å²) < 4.78 is 69.2. The predicted octanol–water partition coefficient (Wildman–Crippen LogP) is 21.5. The molecule has 3 N–H and O–H groups in total. The molecule has 0 fully saturated rings. The standard InChI is InChI=1S/C77H140O17P2/c1-4-7-10-13-16-19-22-25-27-32-37-42-46-51-56-61-75(80)88-68-73(87-65-60-55-50-45-40-35-30-29-34-39-44-49-54-59-64-78)70-92-95(83,84)90-66-72(79)67-91-96(85,86)93-71-74(69-89-76(81)62-57-52-47-41-36-31-24-21-18-15-12-9-6-3)94-77(82)63-58-53-48-43-38-33-28-26-23-20-17-14-11-8-5-2/h16,19-20,23,25-30,64,72-74,79H,4-15,17-18,21-22,24,31-63,65-71H2,1-3H3,(H,83,84)(H,85,86)/b19-16-,23-20-,27-25-,28-26-,30-29-/t72-,73+,74+/m0/s1. The Kier molecular flexibility index (Phi) is 69.4. The van der Waals surface area contributed by atoms with E-state index in [0.717, 1.165) is 173 Å². The van der Waals surface area contributed by atoms with Crippen LogP contribution in [0.25, 0.3) is 0 Å². The SMILES string of the molecule is CCCCC/C=C\C/C=C\CCCCCCCC(=O)OC[C@H](COP(=O)(O)OC[C@H](O)COP(=O)(O)OC[C@@H](COC(=O)CCCCCCCCCCCCCCC)OC(=O)CCCCCCC/C=C\C=C/CCCCCC)OCCCCCCC/C=C\CCCCCCC=O. The average molecular weight is 1400 g/mol. The molecular weight excluding hydrogens is 1260 g/mol. The fourth-order valence-electron chi connectivity index (χ4n) is 10.6. The molecule has 0 aromatic rings. The molecule has 560 valence electrons. The minimum atomic E-state index is -4.94. The van der Waals surface area contributed by atoms with Crippen molar-refractivity contribution in [1.29, 1.82) is 0 Å². The minimum absolute atomic E-state index is 0.0930. The third-order valence-electron chi connectivity index (χ3n) is 16.5. The van der Waals surface area contributed by atoms with Crippen LogP contribution in [-0.2, 0) is 65.4 Å². The fourth-order valence-corrected chi connectivity index (χ4v) is 12.1. The zero-order valence-electron chi connectivity index (χ0n) is 60.8. The van der Waals surface area contributed by atoms with Gasteiger partial charge in [0.1, 0.15) is 31.7 Å². The maximum atomic E-state index is 13.1. The number of aldehydes is 1. The minimum Gasteiger partial charge on any atom is -0.463 e. The Morgan fingerprint density at radius 1 is 0.344 bits per heavy atom. The third-order valence-corrected chi connectivity index (χ3v) is 18.4. The second-order valence-corrected chi connectivity index (χ2v) is 28.8. The van der Waals surface area contributed by atoms with E-state index in [2.05, 4.69) is 81.5 Å². The van der Waals surface area contributed by atoms with Gasteiger partial charge in [-0.1, -0.05) is 261 Å². The molecule has 0 heterocycles. The van der Waals surface area contributed by atoms with Crippen molar-refractivity contribution in [2.45, 2.75) is 360 Å². The van der Waals surface area contributed by atoms with Crippen LogP contribution >= 0.6 is 15.6 Å². The number of hydrogen-bond donors (Lipinski definition) is 3. The molecule has 0 aromatic heterocycles. The zero-order valence-corrected chi connectivity index (χ0v) is 62.6. The molecule has 0 aliphatic carbocycles. The van der Waals surface area contributed by atoms with Crippen LogP contribution in [0.2, 0.25) is 0 Å². The van der Waals surface area contributed by atoms with Crippen LogP contribution in [-0.4, -0.2) is 104 Å². The van der Waals surface area contributed by atoms with E-state index in [1.165, 1.54) is 103 Å². The maximum Gasteiger partial charge on any atom is 0.472 e. The molecule has 0 rings (SSSR count). The van der Waals surface area contributed by atoms with Crippen LogP contribution in [0.1, 0.15) is 342 Å². The summed E-state index contributed by atoms with van der Waals surface area (Å²) in [4.78, 5) is 70.3. The summed E-state index contributed by atoms with van der Waals surface area (Å²) in [6.45, 7) is 3.48. The van der Waals surface area contributed by atoms with E-state index in [-0.39, 0.29) is 25.9 Å². The zero-order chi connectivity index (χ0) is 70.2. The number of carbonyl (C=O) groups is 4. The maximum absolute atomic E-state index is 13.1. The number of unbranched alkanes of at least 4 members (excludes halogenated alkanes) is 39. The lowest BCUT2D eigenvalue weighted by Gasteiger charge is -2.21. The highest BCUT2D eigenvalue weighted by Gasteiger charge is 2.30. The van der Waals surface area contributed by atoms with Crippen molar-refractivity contribution in [3.63, 3.8) is 0 Å². The summed E-state index contributed by atoms with van der Waals surface area (Å²) in [6, 6.07) is 0. The van der Waals surface area contributed by atoms with Gasteiger partial charge in [0, 0.05) is 32.3 Å². The van der Waals surface area contributed by atoms with Gasteiger partial charge in [-0.15, -0.1) is 0 Å². The van der Waals surface area contributed by atoms with E-state index in [9.17, 15) is 43.2 Å². The molecule has 96 heavy (non-hydrogen) atoms. The van der Waals surface area contributed by atoms with E-state index in [1.807, 2.05) is 0 Å². The Morgan fingerprint density at radius 2 is 0.646 bits per heavy atom. The van der Waals surface area contributed by atoms with Crippen LogP contribution in [0.5, 0.6) is 0 Å². The first-order valence-electron chi connectivity index (χ1n) is 38.5. The van der Waals surface area contributed by atoms with Crippen molar-refractivity contribution < 1.29 is 80.2 Å². The summed E-state index contributed by atoms with van der Waals surface area (Å²) in [5.41, 5.74) is 0. The summed E-state index contributed by atoms with van der Waals surface area (Å²) in [6.07, 6.45) is 69.8. The first kappa shape index (κ1) is 92.9. The number of phosphoric acid groups is 2. The van der Waals surface area contributed by atoms with Crippen LogP contribution in [0, 0.1) is 0 Å². The normalized spacial score (nSPS) is 14.3. The van der Waals surface area contributed by atoms with E-state index in [0.29, 0.717) is 38.7 Å². The van der Waals surface area contributed by atoms with Gasteiger partial charge in [0.25, 0.3) is 0 Å². The van der Waals surface area contributed by atoms with Crippen molar-refractivity contribution in [2.24, 2.45) is 0 Å². The van der Waals surface area contributed by atoms with Gasteiger partial charge >= 0.3 is 33.6 Å². The van der Waals surface area contributed by atoms with Gasteiger partial charge in [-0.3, -0.25) is 32.5 Å². The van der Waals surface area contributed by atoms with Crippen molar-refractivity contribution in [3.8, 4) is 0 Å². The second-order valence-electron chi connectivity index (χ2n) is 25.9. The molecule has 0 radical (unpaired) electrons. The number of rotatable bonds is 75. The number of ether oxygens (including phenoxy) is 4. The number of aliphatic hydroxyl groups is 1. The largest absolute Gasteiger partial charge is 0.472 e. The smallest absolute Gasteiger partial charge is 0.463 e. The van der Waals surface area contributed by atoms with Crippen molar-refractivity contribution in [2.75, 3.05) is 46.2 Å². The van der Waals surface area contributed by atoms with E-state index >= 15 is 0 Å². The predicted molar refractivity (Wildman–Crippen MR) is 391 cm³/mol. The Balaban J connectivity index is 5.27. The molecule has 0 saturated heterocycles. The summed E-state index contributed by atoms with van der Waals surface area (Å²) in [5.74, 6) is -1.47. The fraction of sp³-hybridized carbons (Fsp3) is 0.818. The lowest BCUT2D eigenvalue weighted by Crippen LogP contribution is -2.30. The molecule has 0 amide bonds. The van der Waals surface area contributed by atoms with E-state index < -0.39 is 84.9 Å².